The van der Waals surface area contributed by atoms with Crippen LogP contribution in [0.2, 0.25) is 0 Å². The van der Waals surface area contributed by atoms with Crippen molar-refractivity contribution < 1.29 is 4.79 Å². The molecule has 1 heterocycles. The molecule has 12 heavy (non-hydrogen) atoms. The first-order chi connectivity index (χ1) is 5.47. The highest BCUT2D eigenvalue weighted by atomic mass is 16.2. The number of nitrogens with two attached hydrogens (primary N) is 1. The molecule has 2 N–H and O–H groups in total. The van der Waals surface area contributed by atoms with Gasteiger partial charge in [-0.15, -0.1) is 0 Å². The maximum absolute atomic E-state index is 11.3. The lowest BCUT2D eigenvalue weighted by molar-refractivity contribution is -0.130. The SMILES string of the molecule is CCC(=O)N1CC(N)C(C)(C)C1. The van der Waals surface area contributed by atoms with Crippen molar-refractivity contribution in [2.24, 2.45) is 11.1 Å². The molecule has 1 aliphatic heterocycles. The summed E-state index contributed by atoms with van der Waals surface area (Å²) in [4.78, 5) is 13.2. The van der Waals surface area contributed by atoms with Gasteiger partial charge in [-0.1, -0.05) is 20.8 Å². The summed E-state index contributed by atoms with van der Waals surface area (Å²) in [6.07, 6.45) is 0.586. The maximum atomic E-state index is 11.3. The Hall–Kier alpha value is -0.570. The third-order valence-electron chi connectivity index (χ3n) is 2.67. The predicted octanol–water partition coefficient (Wildman–Crippen LogP) is 0.592. The minimum Gasteiger partial charge on any atom is -0.341 e. The molecule has 0 aromatic carbocycles. The number of carbonyl (C=O) groups is 1. The molecule has 1 rings (SSSR count). The van der Waals surface area contributed by atoms with Crippen molar-refractivity contribution in [3.63, 3.8) is 0 Å². The lowest BCUT2D eigenvalue weighted by Crippen LogP contribution is -2.35. The smallest absolute Gasteiger partial charge is 0.222 e. The molecular formula is C9H18N2O. The van der Waals surface area contributed by atoms with E-state index < -0.39 is 0 Å². The van der Waals surface area contributed by atoms with Crippen LogP contribution in [0.25, 0.3) is 0 Å². The topological polar surface area (TPSA) is 46.3 Å². The average molecular weight is 170 g/mol. The fraction of sp³-hybridized carbons (Fsp3) is 0.889. The molecule has 1 fully saturated rings. The van der Waals surface area contributed by atoms with E-state index in [2.05, 4.69) is 13.8 Å². The van der Waals surface area contributed by atoms with Gasteiger partial charge in [0.1, 0.15) is 0 Å². The molecule has 1 aliphatic rings. The molecule has 0 aromatic rings. The molecule has 1 unspecified atom stereocenters. The van der Waals surface area contributed by atoms with Gasteiger partial charge in [-0.05, 0) is 5.41 Å². The highest BCUT2D eigenvalue weighted by molar-refractivity contribution is 5.76. The zero-order valence-corrected chi connectivity index (χ0v) is 8.13. The Kier molecular flexibility index (Phi) is 2.42. The highest BCUT2D eigenvalue weighted by Gasteiger charge is 2.38. The second-order valence-electron chi connectivity index (χ2n) is 4.22. The molecule has 70 valence electrons. The Morgan fingerprint density at radius 3 is 2.58 bits per heavy atom. The van der Waals surface area contributed by atoms with Crippen LogP contribution in [0, 0.1) is 5.41 Å². The predicted molar refractivity (Wildman–Crippen MR) is 48.6 cm³/mol. The van der Waals surface area contributed by atoms with Crippen molar-refractivity contribution in [2.45, 2.75) is 33.2 Å². The van der Waals surface area contributed by atoms with Gasteiger partial charge in [0.15, 0.2) is 0 Å². The highest BCUT2D eigenvalue weighted by Crippen LogP contribution is 2.28. The van der Waals surface area contributed by atoms with E-state index in [0.29, 0.717) is 6.42 Å². The van der Waals surface area contributed by atoms with E-state index >= 15 is 0 Å². The molecule has 1 saturated heterocycles. The minimum absolute atomic E-state index is 0.0881. The van der Waals surface area contributed by atoms with Crippen LogP contribution >= 0.6 is 0 Å². The largest absolute Gasteiger partial charge is 0.341 e. The van der Waals surface area contributed by atoms with Crippen molar-refractivity contribution in [2.75, 3.05) is 13.1 Å². The van der Waals surface area contributed by atoms with Crippen molar-refractivity contribution >= 4 is 5.91 Å². The summed E-state index contributed by atoms with van der Waals surface area (Å²) in [5, 5.41) is 0. The number of rotatable bonds is 1. The first-order valence-corrected chi connectivity index (χ1v) is 4.50. The van der Waals surface area contributed by atoms with Crippen LogP contribution in [-0.4, -0.2) is 29.9 Å². The van der Waals surface area contributed by atoms with Gasteiger partial charge in [-0.3, -0.25) is 4.79 Å². The van der Waals surface area contributed by atoms with E-state index in [4.69, 9.17) is 5.73 Å². The van der Waals surface area contributed by atoms with Gasteiger partial charge in [0, 0.05) is 25.6 Å². The second-order valence-corrected chi connectivity index (χ2v) is 4.22. The number of likely N-dealkylation sites (tertiary alicyclic amines) is 1. The molecule has 0 spiro atoms. The Morgan fingerprint density at radius 2 is 2.25 bits per heavy atom. The molecule has 0 aromatic heterocycles. The van der Waals surface area contributed by atoms with E-state index in [1.54, 1.807) is 0 Å². The summed E-state index contributed by atoms with van der Waals surface area (Å²) in [5.74, 6) is 0.219. The van der Waals surface area contributed by atoms with Gasteiger partial charge < -0.3 is 10.6 Å². The summed E-state index contributed by atoms with van der Waals surface area (Å²) < 4.78 is 0. The molecule has 0 saturated carbocycles. The van der Waals surface area contributed by atoms with Crippen LogP contribution in [0.1, 0.15) is 27.2 Å². The first-order valence-electron chi connectivity index (χ1n) is 4.50. The van der Waals surface area contributed by atoms with Crippen LogP contribution in [0.15, 0.2) is 0 Å². The van der Waals surface area contributed by atoms with Crippen molar-refractivity contribution in [1.82, 2.24) is 4.90 Å². The zero-order valence-electron chi connectivity index (χ0n) is 8.13. The third-order valence-corrected chi connectivity index (χ3v) is 2.67. The Morgan fingerprint density at radius 1 is 1.67 bits per heavy atom. The van der Waals surface area contributed by atoms with E-state index in [1.807, 2.05) is 11.8 Å². The number of amides is 1. The molecule has 3 heteroatoms. The average Bonchev–Trinajstić information content (AvgIpc) is 2.25. The molecule has 1 amide bonds. The summed E-state index contributed by atoms with van der Waals surface area (Å²) >= 11 is 0. The van der Waals surface area contributed by atoms with E-state index in [1.165, 1.54) is 0 Å². The molecule has 0 aliphatic carbocycles. The van der Waals surface area contributed by atoms with Crippen LogP contribution in [-0.2, 0) is 4.79 Å². The normalized spacial score (nSPS) is 27.7. The first kappa shape index (κ1) is 9.52. The van der Waals surface area contributed by atoms with Gasteiger partial charge in [0.2, 0.25) is 5.91 Å². The molecular weight excluding hydrogens is 152 g/mol. The van der Waals surface area contributed by atoms with Crippen LogP contribution in [0.5, 0.6) is 0 Å². The van der Waals surface area contributed by atoms with Crippen LogP contribution in [0.4, 0.5) is 0 Å². The number of hydrogen-bond acceptors (Lipinski definition) is 2. The van der Waals surface area contributed by atoms with Crippen LogP contribution < -0.4 is 5.73 Å². The fourth-order valence-corrected chi connectivity index (χ4v) is 1.57. The van der Waals surface area contributed by atoms with Crippen molar-refractivity contribution in [1.29, 1.82) is 0 Å². The quantitative estimate of drug-likeness (QED) is 0.626. The second kappa shape index (κ2) is 3.05. The van der Waals surface area contributed by atoms with E-state index in [-0.39, 0.29) is 17.4 Å². The molecule has 3 nitrogen and oxygen atoms in total. The Labute approximate surface area is 73.9 Å². The number of hydrogen-bond donors (Lipinski definition) is 1. The van der Waals surface area contributed by atoms with Gasteiger partial charge in [-0.2, -0.15) is 0 Å². The Bertz CT molecular complexity index is 189. The monoisotopic (exact) mass is 170 g/mol. The third kappa shape index (κ3) is 1.61. The standard InChI is InChI=1S/C9H18N2O/c1-4-8(12)11-5-7(10)9(2,3)6-11/h7H,4-6,10H2,1-3H3. The van der Waals surface area contributed by atoms with Gasteiger partial charge in [0.05, 0.1) is 0 Å². The molecule has 0 radical (unpaired) electrons. The molecule has 0 bridgehead atoms. The molecule has 1 atom stereocenters. The zero-order chi connectivity index (χ0) is 9.35. The summed E-state index contributed by atoms with van der Waals surface area (Å²) in [7, 11) is 0. The summed E-state index contributed by atoms with van der Waals surface area (Å²) in [5.41, 5.74) is 5.99. The van der Waals surface area contributed by atoms with Gasteiger partial charge in [0.25, 0.3) is 0 Å². The minimum atomic E-state index is 0.0881. The van der Waals surface area contributed by atoms with Crippen molar-refractivity contribution in [3.8, 4) is 0 Å². The number of carbonyl (C=O) groups excluding carboxylic acids is 1. The van der Waals surface area contributed by atoms with Gasteiger partial charge >= 0.3 is 0 Å². The van der Waals surface area contributed by atoms with E-state index in [9.17, 15) is 4.79 Å². The summed E-state index contributed by atoms with van der Waals surface area (Å²) in [6, 6.07) is 0.132. The van der Waals surface area contributed by atoms with Gasteiger partial charge in [-0.25, -0.2) is 0 Å². The van der Waals surface area contributed by atoms with Crippen molar-refractivity contribution in [3.05, 3.63) is 0 Å². The van der Waals surface area contributed by atoms with Crippen LogP contribution in [0.3, 0.4) is 0 Å². The fourth-order valence-electron chi connectivity index (χ4n) is 1.57. The van der Waals surface area contributed by atoms with E-state index in [0.717, 1.165) is 13.1 Å². The number of nitrogens with zero attached hydrogens (tertiary/aromatic N) is 1. The summed E-state index contributed by atoms with van der Waals surface area (Å²) in [6.45, 7) is 7.64. The lowest BCUT2D eigenvalue weighted by atomic mass is 9.89. The maximum Gasteiger partial charge on any atom is 0.222 e. The lowest BCUT2D eigenvalue weighted by Gasteiger charge is -2.21. The Balaban J connectivity index is 2.60.